The average Bonchev–Trinajstić information content (AvgIpc) is 2.80. The third-order valence-electron chi connectivity index (χ3n) is 5.73. The molecule has 10 heteroatoms. The summed E-state index contributed by atoms with van der Waals surface area (Å²) in [6.07, 6.45) is 1.45. The fraction of sp³-hybridized carbons (Fsp3) is 0.269. The molecule has 0 aromatic heterocycles. The maximum Gasteiger partial charge on any atom is 0.321 e. The highest BCUT2D eigenvalue weighted by Crippen LogP contribution is 2.29. The summed E-state index contributed by atoms with van der Waals surface area (Å²) in [7, 11) is -3.40. The van der Waals surface area contributed by atoms with Gasteiger partial charge in [-0.05, 0) is 72.4 Å². The molecule has 36 heavy (non-hydrogen) atoms. The monoisotopic (exact) mass is 569 g/mol. The van der Waals surface area contributed by atoms with Crippen molar-refractivity contribution in [3.8, 4) is 0 Å². The Morgan fingerprint density at radius 3 is 2.25 bits per heavy atom. The number of sulfone groups is 1. The van der Waals surface area contributed by atoms with Gasteiger partial charge in [-0.25, -0.2) is 8.42 Å². The van der Waals surface area contributed by atoms with Gasteiger partial charge in [-0.2, -0.15) is 0 Å². The first-order valence-corrected chi connectivity index (χ1v) is 14.1. The van der Waals surface area contributed by atoms with Gasteiger partial charge < -0.3 is 10.2 Å². The fourth-order valence-corrected chi connectivity index (χ4v) is 5.32. The van der Waals surface area contributed by atoms with Crippen molar-refractivity contribution in [2.45, 2.75) is 42.8 Å². The minimum atomic E-state index is -3.40. The van der Waals surface area contributed by atoms with E-state index in [1.165, 1.54) is 12.1 Å². The number of hydrogen-bond donors (Lipinski definition) is 3. The van der Waals surface area contributed by atoms with E-state index >= 15 is 0 Å². The van der Waals surface area contributed by atoms with Crippen LogP contribution in [0.2, 0.25) is 15.1 Å². The Morgan fingerprint density at radius 1 is 0.972 bits per heavy atom. The van der Waals surface area contributed by atoms with Gasteiger partial charge in [-0.3, -0.25) is 10.1 Å². The van der Waals surface area contributed by atoms with Crippen molar-refractivity contribution in [1.29, 1.82) is 0 Å². The lowest BCUT2D eigenvalue weighted by Crippen LogP contribution is -2.38. The number of benzene rings is 3. The van der Waals surface area contributed by atoms with Gasteiger partial charge >= 0.3 is 5.97 Å². The molecule has 6 nitrogen and oxygen atoms in total. The van der Waals surface area contributed by atoms with Crippen LogP contribution in [0.3, 0.4) is 0 Å². The fourth-order valence-electron chi connectivity index (χ4n) is 3.76. The summed E-state index contributed by atoms with van der Waals surface area (Å²) >= 11 is 18.9. The minimum absolute atomic E-state index is 0.0768. The van der Waals surface area contributed by atoms with Gasteiger partial charge in [0.15, 0.2) is 9.84 Å². The molecule has 3 aromatic carbocycles. The Hall–Kier alpha value is -2.13. The van der Waals surface area contributed by atoms with Crippen LogP contribution in [0, 0.1) is 0 Å². The number of aliphatic hydroxyl groups is 1. The van der Waals surface area contributed by atoms with Crippen LogP contribution in [0.4, 0.5) is 0 Å². The maximum absolute atomic E-state index is 11.8. The number of aliphatic carboxylic acids is 1. The first-order valence-electron chi connectivity index (χ1n) is 11.1. The van der Waals surface area contributed by atoms with Crippen molar-refractivity contribution < 1.29 is 23.4 Å². The van der Waals surface area contributed by atoms with Crippen LogP contribution in [0.5, 0.6) is 0 Å². The molecule has 0 aliphatic carbocycles. The van der Waals surface area contributed by atoms with Gasteiger partial charge in [-0.1, -0.05) is 59.1 Å². The standard InChI is InChI=1S/C26H26Cl3NO5S/c1-36(34,35)20-7-2-4-16(10-20)13-24(26(32)33)30-15-21-22(28)11-17(12-23(21)29)8-9-25(31)18-5-3-6-19(27)14-18/h2-7,10-12,14,24-25,30-31H,8-9,13,15H2,1H3,(H,32,33)/t24-,25?/m0/s1. The molecule has 0 aliphatic heterocycles. The first-order chi connectivity index (χ1) is 16.9. The largest absolute Gasteiger partial charge is 0.480 e. The minimum Gasteiger partial charge on any atom is -0.480 e. The summed E-state index contributed by atoms with van der Waals surface area (Å²) in [6, 6.07) is 15.8. The third kappa shape index (κ3) is 7.93. The highest BCUT2D eigenvalue weighted by Gasteiger charge is 2.20. The SMILES string of the molecule is CS(=O)(=O)c1cccc(C[C@H](NCc2c(Cl)cc(CCC(O)c3cccc(Cl)c3)cc2Cl)C(=O)O)c1. The van der Waals surface area contributed by atoms with Crippen LogP contribution in [0.1, 0.15) is 34.8 Å². The molecule has 0 radical (unpaired) electrons. The van der Waals surface area contributed by atoms with Crippen molar-refractivity contribution in [2.75, 3.05) is 6.26 Å². The van der Waals surface area contributed by atoms with Crippen LogP contribution < -0.4 is 5.32 Å². The Kier molecular flexibility index (Phi) is 9.80. The summed E-state index contributed by atoms with van der Waals surface area (Å²) < 4.78 is 23.6. The lowest BCUT2D eigenvalue weighted by molar-refractivity contribution is -0.139. The molecule has 0 saturated carbocycles. The number of hydrogen-bond acceptors (Lipinski definition) is 5. The van der Waals surface area contributed by atoms with Crippen molar-refractivity contribution in [2.24, 2.45) is 0 Å². The van der Waals surface area contributed by atoms with Gasteiger partial charge in [-0.15, -0.1) is 0 Å². The zero-order chi connectivity index (χ0) is 26.5. The zero-order valence-corrected chi connectivity index (χ0v) is 22.5. The summed E-state index contributed by atoms with van der Waals surface area (Å²) in [6.45, 7) is 0.103. The second-order valence-electron chi connectivity index (χ2n) is 8.54. The molecular weight excluding hydrogens is 545 g/mol. The van der Waals surface area contributed by atoms with Gasteiger partial charge in [0.25, 0.3) is 0 Å². The van der Waals surface area contributed by atoms with E-state index < -0.39 is 28.0 Å². The Bertz CT molecular complexity index is 1320. The summed E-state index contributed by atoms with van der Waals surface area (Å²) in [5.74, 6) is -1.08. The number of carboxylic acid groups (broad SMARTS) is 1. The number of rotatable bonds is 11. The van der Waals surface area contributed by atoms with E-state index in [9.17, 15) is 23.4 Å². The molecule has 3 aromatic rings. The number of aryl methyl sites for hydroxylation is 1. The van der Waals surface area contributed by atoms with E-state index in [1.54, 1.807) is 42.5 Å². The quantitative estimate of drug-likeness (QED) is 0.281. The average molecular weight is 571 g/mol. The number of carboxylic acids is 1. The second-order valence-corrected chi connectivity index (χ2v) is 11.8. The second kappa shape index (κ2) is 12.4. The highest BCUT2D eigenvalue weighted by molar-refractivity contribution is 7.90. The highest BCUT2D eigenvalue weighted by atomic mass is 35.5. The topological polar surface area (TPSA) is 104 Å². The maximum atomic E-state index is 11.8. The molecule has 3 rings (SSSR count). The molecule has 3 N–H and O–H groups in total. The lowest BCUT2D eigenvalue weighted by atomic mass is 10.0. The van der Waals surface area contributed by atoms with E-state index in [0.29, 0.717) is 39.0 Å². The molecule has 0 spiro atoms. The van der Waals surface area contributed by atoms with Crippen LogP contribution in [-0.4, -0.2) is 36.9 Å². The molecule has 0 saturated heterocycles. The van der Waals surface area contributed by atoms with E-state index in [4.69, 9.17) is 34.8 Å². The molecule has 0 heterocycles. The van der Waals surface area contributed by atoms with Crippen LogP contribution in [0.25, 0.3) is 0 Å². The molecular formula is C26H26Cl3NO5S. The lowest BCUT2D eigenvalue weighted by Gasteiger charge is -2.17. The summed E-state index contributed by atoms with van der Waals surface area (Å²) in [4.78, 5) is 12.0. The Labute approximate surface area is 225 Å². The number of aliphatic hydroxyl groups excluding tert-OH is 1. The summed E-state index contributed by atoms with van der Waals surface area (Å²) in [5, 5.41) is 24.4. The van der Waals surface area contributed by atoms with Crippen molar-refractivity contribution in [1.82, 2.24) is 5.32 Å². The van der Waals surface area contributed by atoms with Crippen molar-refractivity contribution >= 4 is 50.6 Å². The molecule has 2 atom stereocenters. The summed E-state index contributed by atoms with van der Waals surface area (Å²) in [5.41, 5.74) is 2.68. The zero-order valence-electron chi connectivity index (χ0n) is 19.4. The van der Waals surface area contributed by atoms with E-state index in [1.807, 2.05) is 6.07 Å². The molecule has 192 valence electrons. The molecule has 0 aliphatic rings. The van der Waals surface area contributed by atoms with Gasteiger partial charge in [0.2, 0.25) is 0 Å². The van der Waals surface area contributed by atoms with Crippen LogP contribution >= 0.6 is 34.8 Å². The first kappa shape index (κ1) is 28.4. The Balaban J connectivity index is 1.66. The van der Waals surface area contributed by atoms with Crippen LogP contribution in [-0.2, 0) is 34.0 Å². The van der Waals surface area contributed by atoms with Crippen LogP contribution in [0.15, 0.2) is 65.6 Å². The van der Waals surface area contributed by atoms with E-state index in [0.717, 1.165) is 17.4 Å². The van der Waals surface area contributed by atoms with Crippen molar-refractivity contribution in [3.63, 3.8) is 0 Å². The Morgan fingerprint density at radius 2 is 1.64 bits per heavy atom. The molecule has 0 bridgehead atoms. The molecule has 1 unspecified atom stereocenters. The van der Waals surface area contributed by atoms with Gasteiger partial charge in [0.05, 0.1) is 11.0 Å². The van der Waals surface area contributed by atoms with E-state index in [-0.39, 0.29) is 17.9 Å². The predicted octanol–water partition coefficient (Wildman–Crippen LogP) is 5.50. The number of nitrogens with one attached hydrogen (secondary N) is 1. The van der Waals surface area contributed by atoms with E-state index in [2.05, 4.69) is 5.32 Å². The smallest absolute Gasteiger partial charge is 0.321 e. The normalized spacial score (nSPS) is 13.4. The predicted molar refractivity (Wildman–Crippen MR) is 143 cm³/mol. The van der Waals surface area contributed by atoms with Gasteiger partial charge in [0, 0.05) is 33.4 Å². The molecule has 0 fully saturated rings. The third-order valence-corrected chi connectivity index (χ3v) is 7.75. The molecule has 0 amide bonds. The van der Waals surface area contributed by atoms with Crippen molar-refractivity contribution in [3.05, 3.63) is 98.0 Å². The number of carbonyl (C=O) groups is 1. The number of halogens is 3. The van der Waals surface area contributed by atoms with Gasteiger partial charge in [0.1, 0.15) is 6.04 Å².